The van der Waals surface area contributed by atoms with Gasteiger partial charge in [0.15, 0.2) is 6.61 Å². The Morgan fingerprint density at radius 2 is 1.91 bits per heavy atom. The molecule has 0 aliphatic rings. The Bertz CT molecular complexity index is 730. The molecule has 23 heavy (non-hydrogen) atoms. The lowest BCUT2D eigenvalue weighted by atomic mass is 10.1. The number of benzene rings is 2. The molecule has 0 atom stereocenters. The third-order valence-corrected chi connectivity index (χ3v) is 3.43. The van der Waals surface area contributed by atoms with Crippen LogP contribution in [0.1, 0.15) is 15.9 Å². The molecule has 2 aromatic carbocycles. The summed E-state index contributed by atoms with van der Waals surface area (Å²) in [6, 6.07) is 11.8. The third kappa shape index (κ3) is 4.47. The summed E-state index contributed by atoms with van der Waals surface area (Å²) in [4.78, 5) is 23.4. The third-order valence-electron chi connectivity index (χ3n) is 3.12. The summed E-state index contributed by atoms with van der Waals surface area (Å²) in [5.41, 5.74) is 1.78. The van der Waals surface area contributed by atoms with E-state index in [1.807, 2.05) is 0 Å². The minimum absolute atomic E-state index is 0.165. The molecule has 1 N–H and O–H groups in total. The number of carbonyl (C=O) groups is 2. The Morgan fingerprint density at radius 1 is 1.17 bits per heavy atom. The van der Waals surface area contributed by atoms with E-state index in [0.717, 1.165) is 5.56 Å². The van der Waals surface area contributed by atoms with E-state index in [2.05, 4.69) is 10.1 Å². The van der Waals surface area contributed by atoms with Gasteiger partial charge in [-0.3, -0.25) is 4.79 Å². The molecule has 5 nitrogen and oxygen atoms in total. The number of esters is 1. The first-order valence-corrected chi connectivity index (χ1v) is 7.25. The summed E-state index contributed by atoms with van der Waals surface area (Å²) < 4.78 is 10.0. The van der Waals surface area contributed by atoms with Crippen LogP contribution in [0, 0.1) is 6.92 Å². The fraction of sp³-hybridized carbons (Fsp3) is 0.176. The molecule has 0 aliphatic heterocycles. The van der Waals surface area contributed by atoms with Crippen molar-refractivity contribution in [3.05, 3.63) is 58.6 Å². The largest absolute Gasteiger partial charge is 0.482 e. The second-order valence-electron chi connectivity index (χ2n) is 4.79. The summed E-state index contributed by atoms with van der Waals surface area (Å²) >= 11 is 5.95. The van der Waals surface area contributed by atoms with E-state index in [9.17, 15) is 9.59 Å². The normalized spacial score (nSPS) is 10.0. The number of nitrogens with one attached hydrogen (secondary N) is 1. The first-order valence-electron chi connectivity index (χ1n) is 6.87. The van der Waals surface area contributed by atoms with Crippen LogP contribution in [-0.2, 0) is 9.53 Å². The maximum atomic E-state index is 12.0. The van der Waals surface area contributed by atoms with Crippen molar-refractivity contribution in [3.8, 4) is 5.75 Å². The fourth-order valence-corrected chi connectivity index (χ4v) is 2.13. The smallest absolute Gasteiger partial charge is 0.337 e. The standard InChI is InChI=1S/C17H16ClNO4/c1-11-9-12(17(21)22-2)7-8-14(11)19-16(20)10-23-15-6-4-3-5-13(15)18/h3-9H,10H2,1-2H3,(H,19,20). The van der Waals surface area contributed by atoms with Crippen molar-refractivity contribution in [1.29, 1.82) is 0 Å². The Balaban J connectivity index is 1.98. The van der Waals surface area contributed by atoms with Crippen molar-refractivity contribution in [1.82, 2.24) is 0 Å². The van der Waals surface area contributed by atoms with Gasteiger partial charge < -0.3 is 14.8 Å². The molecule has 0 unspecified atom stereocenters. The van der Waals surface area contributed by atoms with Crippen molar-refractivity contribution in [3.63, 3.8) is 0 Å². The van der Waals surface area contributed by atoms with Gasteiger partial charge in [-0.1, -0.05) is 23.7 Å². The average molecular weight is 334 g/mol. The fourth-order valence-electron chi connectivity index (χ4n) is 1.94. The summed E-state index contributed by atoms with van der Waals surface area (Å²) in [5.74, 6) is -0.297. The Morgan fingerprint density at radius 3 is 2.57 bits per heavy atom. The number of ether oxygens (including phenoxy) is 2. The number of methoxy groups -OCH3 is 1. The Hall–Kier alpha value is -2.53. The van der Waals surface area contributed by atoms with Gasteiger partial charge >= 0.3 is 5.97 Å². The maximum absolute atomic E-state index is 12.0. The lowest BCUT2D eigenvalue weighted by Crippen LogP contribution is -2.20. The van der Waals surface area contributed by atoms with Gasteiger partial charge in [0.1, 0.15) is 5.75 Å². The molecule has 6 heteroatoms. The predicted molar refractivity (Wildman–Crippen MR) is 88.1 cm³/mol. The highest BCUT2D eigenvalue weighted by Crippen LogP contribution is 2.23. The summed E-state index contributed by atoms with van der Waals surface area (Å²) in [7, 11) is 1.32. The number of anilines is 1. The van der Waals surface area contributed by atoms with Crippen LogP contribution in [0.2, 0.25) is 5.02 Å². The van der Waals surface area contributed by atoms with E-state index in [-0.39, 0.29) is 12.5 Å². The molecule has 120 valence electrons. The molecular formula is C17H16ClNO4. The monoisotopic (exact) mass is 333 g/mol. The van der Waals surface area contributed by atoms with Crippen molar-refractivity contribution in [2.24, 2.45) is 0 Å². The highest BCUT2D eigenvalue weighted by molar-refractivity contribution is 6.32. The van der Waals surface area contributed by atoms with Gasteiger partial charge in [0, 0.05) is 5.69 Å². The molecule has 0 radical (unpaired) electrons. The van der Waals surface area contributed by atoms with E-state index >= 15 is 0 Å². The number of amides is 1. The van der Waals surface area contributed by atoms with Crippen molar-refractivity contribution in [2.45, 2.75) is 6.92 Å². The zero-order valence-corrected chi connectivity index (χ0v) is 13.5. The van der Waals surface area contributed by atoms with Crippen LogP contribution in [-0.4, -0.2) is 25.6 Å². The van der Waals surface area contributed by atoms with Crippen molar-refractivity contribution >= 4 is 29.2 Å². The molecule has 2 rings (SSSR count). The number of aryl methyl sites for hydroxylation is 1. The molecule has 0 aromatic heterocycles. The molecule has 0 spiro atoms. The van der Waals surface area contributed by atoms with Crippen molar-refractivity contribution in [2.75, 3.05) is 19.0 Å². The van der Waals surface area contributed by atoms with Crippen LogP contribution < -0.4 is 10.1 Å². The second kappa shape index (κ2) is 7.65. The Labute approximate surface area is 139 Å². The van der Waals surface area contributed by atoms with Gasteiger partial charge in [0.2, 0.25) is 0 Å². The van der Waals surface area contributed by atoms with E-state index in [4.69, 9.17) is 16.3 Å². The van der Waals surface area contributed by atoms with Crippen LogP contribution >= 0.6 is 11.6 Å². The molecule has 0 fully saturated rings. The van der Waals surface area contributed by atoms with Crippen LogP contribution in [0.4, 0.5) is 5.69 Å². The van der Waals surface area contributed by atoms with E-state index in [1.54, 1.807) is 49.4 Å². The quantitative estimate of drug-likeness (QED) is 0.851. The van der Waals surface area contributed by atoms with Gasteiger partial charge in [0.25, 0.3) is 5.91 Å². The average Bonchev–Trinajstić information content (AvgIpc) is 2.55. The zero-order chi connectivity index (χ0) is 16.8. The zero-order valence-electron chi connectivity index (χ0n) is 12.8. The lowest BCUT2D eigenvalue weighted by molar-refractivity contribution is -0.118. The Kier molecular flexibility index (Phi) is 5.60. The van der Waals surface area contributed by atoms with Crippen LogP contribution in [0.3, 0.4) is 0 Å². The van der Waals surface area contributed by atoms with E-state index < -0.39 is 5.97 Å². The number of carbonyl (C=O) groups excluding carboxylic acids is 2. The topological polar surface area (TPSA) is 64.6 Å². The highest BCUT2D eigenvalue weighted by atomic mass is 35.5. The van der Waals surface area contributed by atoms with Gasteiger partial charge in [-0.2, -0.15) is 0 Å². The maximum Gasteiger partial charge on any atom is 0.337 e. The molecule has 1 amide bonds. The van der Waals surface area contributed by atoms with Crippen LogP contribution in [0.15, 0.2) is 42.5 Å². The molecule has 0 heterocycles. The van der Waals surface area contributed by atoms with Crippen LogP contribution in [0.25, 0.3) is 0 Å². The summed E-state index contributed by atoms with van der Waals surface area (Å²) in [5, 5.41) is 3.17. The second-order valence-corrected chi connectivity index (χ2v) is 5.20. The molecule has 2 aromatic rings. The SMILES string of the molecule is COC(=O)c1ccc(NC(=O)COc2ccccc2Cl)c(C)c1. The molecule has 0 aliphatic carbocycles. The lowest BCUT2D eigenvalue weighted by Gasteiger charge is -2.11. The molecule has 0 saturated carbocycles. The summed E-state index contributed by atoms with van der Waals surface area (Å²) in [6.07, 6.45) is 0. The molecule has 0 saturated heterocycles. The minimum Gasteiger partial charge on any atom is -0.482 e. The first-order chi connectivity index (χ1) is 11.0. The van der Waals surface area contributed by atoms with Crippen molar-refractivity contribution < 1.29 is 19.1 Å². The number of para-hydroxylation sites is 1. The van der Waals surface area contributed by atoms with E-state index in [0.29, 0.717) is 22.0 Å². The summed E-state index contributed by atoms with van der Waals surface area (Å²) in [6.45, 7) is 1.62. The van der Waals surface area contributed by atoms with Gasteiger partial charge in [-0.25, -0.2) is 4.79 Å². The number of rotatable bonds is 5. The minimum atomic E-state index is -0.423. The molecule has 0 bridgehead atoms. The highest BCUT2D eigenvalue weighted by Gasteiger charge is 2.10. The van der Waals surface area contributed by atoms with Gasteiger partial charge in [-0.05, 0) is 42.8 Å². The van der Waals surface area contributed by atoms with Gasteiger partial charge in [-0.15, -0.1) is 0 Å². The van der Waals surface area contributed by atoms with Gasteiger partial charge in [0.05, 0.1) is 17.7 Å². The first kappa shape index (κ1) is 16.8. The predicted octanol–water partition coefficient (Wildman–Crippen LogP) is 3.45. The van der Waals surface area contributed by atoms with E-state index in [1.165, 1.54) is 7.11 Å². The molecular weight excluding hydrogens is 318 g/mol. The van der Waals surface area contributed by atoms with Crippen LogP contribution in [0.5, 0.6) is 5.75 Å². The number of hydrogen-bond donors (Lipinski definition) is 1. The number of hydrogen-bond acceptors (Lipinski definition) is 4. The number of halogens is 1.